The first-order valence-electron chi connectivity index (χ1n) is 6.41. The fourth-order valence-corrected chi connectivity index (χ4v) is 2.31. The van der Waals surface area contributed by atoms with Gasteiger partial charge in [-0.1, -0.05) is 0 Å². The van der Waals surface area contributed by atoms with Crippen LogP contribution in [0.25, 0.3) is 11.1 Å². The van der Waals surface area contributed by atoms with Gasteiger partial charge in [-0.25, -0.2) is 9.97 Å². The Balaban J connectivity index is 1.85. The molecule has 104 valence electrons. The van der Waals surface area contributed by atoms with E-state index in [1.807, 2.05) is 12.1 Å². The summed E-state index contributed by atoms with van der Waals surface area (Å²) in [6.07, 6.45) is 3.83. The van der Waals surface area contributed by atoms with E-state index in [-0.39, 0.29) is 12.1 Å². The zero-order chi connectivity index (χ0) is 14.1. The molecule has 1 fully saturated rings. The van der Waals surface area contributed by atoms with Crippen LogP contribution >= 0.6 is 0 Å². The van der Waals surface area contributed by atoms with Crippen LogP contribution in [0, 0.1) is 0 Å². The molecule has 7 heteroatoms. The summed E-state index contributed by atoms with van der Waals surface area (Å²) in [5.74, 6) is 1.34. The van der Waals surface area contributed by atoms with Gasteiger partial charge in [0.1, 0.15) is 11.6 Å². The predicted octanol–water partition coefficient (Wildman–Crippen LogP) is 0.274. The Labute approximate surface area is 116 Å². The largest absolute Gasteiger partial charge is 0.391 e. The molecule has 7 nitrogen and oxygen atoms in total. The van der Waals surface area contributed by atoms with Crippen molar-refractivity contribution in [3.8, 4) is 11.1 Å². The first-order chi connectivity index (χ1) is 9.63. The molecule has 0 radical (unpaired) electrons. The van der Waals surface area contributed by atoms with Gasteiger partial charge in [0, 0.05) is 36.6 Å². The summed E-state index contributed by atoms with van der Waals surface area (Å²) >= 11 is 0. The van der Waals surface area contributed by atoms with Crippen LogP contribution in [0.4, 0.5) is 17.6 Å². The summed E-state index contributed by atoms with van der Waals surface area (Å²) < 4.78 is 0. The van der Waals surface area contributed by atoms with E-state index in [1.54, 1.807) is 12.4 Å². The number of β-amino-alcohol motifs (C(OH)–C–C–N with tert-alkyl or cyclic N) is 1. The van der Waals surface area contributed by atoms with Crippen molar-refractivity contribution in [3.63, 3.8) is 0 Å². The standard InChI is InChI=1S/C13H16N6O/c14-12-10(6-17-13(15)18-12)8-1-2-11(16-5-8)19-4-3-9(20)7-19/h1-2,5-6,9,20H,3-4,7H2,(H4,14,15,17,18)/t9-/m1/s1. The summed E-state index contributed by atoms with van der Waals surface area (Å²) in [6.45, 7) is 1.44. The third kappa shape index (κ3) is 2.35. The van der Waals surface area contributed by atoms with Crippen molar-refractivity contribution in [1.29, 1.82) is 0 Å². The van der Waals surface area contributed by atoms with Crippen molar-refractivity contribution in [2.45, 2.75) is 12.5 Å². The van der Waals surface area contributed by atoms with E-state index in [0.29, 0.717) is 17.9 Å². The summed E-state index contributed by atoms with van der Waals surface area (Å²) in [6, 6.07) is 3.82. The number of aromatic nitrogens is 3. The van der Waals surface area contributed by atoms with Crippen LogP contribution in [0.1, 0.15) is 6.42 Å². The molecule has 0 unspecified atom stereocenters. The Kier molecular flexibility index (Phi) is 3.11. The van der Waals surface area contributed by atoms with Crippen LogP contribution in [0.2, 0.25) is 0 Å². The molecule has 20 heavy (non-hydrogen) atoms. The molecule has 0 aromatic carbocycles. The monoisotopic (exact) mass is 272 g/mol. The van der Waals surface area contributed by atoms with Crippen LogP contribution in [0.5, 0.6) is 0 Å². The Bertz CT molecular complexity index is 615. The van der Waals surface area contributed by atoms with Gasteiger partial charge in [-0.3, -0.25) is 0 Å². The lowest BCUT2D eigenvalue weighted by Crippen LogP contribution is -2.21. The minimum atomic E-state index is -0.266. The number of nitrogens with zero attached hydrogens (tertiary/aromatic N) is 4. The van der Waals surface area contributed by atoms with Crippen molar-refractivity contribution in [2.24, 2.45) is 0 Å². The maximum atomic E-state index is 9.54. The van der Waals surface area contributed by atoms with E-state index in [2.05, 4.69) is 19.9 Å². The zero-order valence-electron chi connectivity index (χ0n) is 10.9. The number of aliphatic hydroxyl groups excluding tert-OH is 1. The third-order valence-corrected chi connectivity index (χ3v) is 3.38. The molecule has 3 rings (SSSR count). The minimum absolute atomic E-state index is 0.155. The molecular formula is C13H16N6O. The van der Waals surface area contributed by atoms with E-state index >= 15 is 0 Å². The van der Waals surface area contributed by atoms with Crippen LogP contribution in [0.15, 0.2) is 24.5 Å². The fourth-order valence-electron chi connectivity index (χ4n) is 2.31. The second kappa shape index (κ2) is 4.93. The lowest BCUT2D eigenvalue weighted by atomic mass is 10.1. The maximum Gasteiger partial charge on any atom is 0.221 e. The predicted molar refractivity (Wildman–Crippen MR) is 76.9 cm³/mol. The van der Waals surface area contributed by atoms with Gasteiger partial charge in [-0.15, -0.1) is 0 Å². The number of nitrogen functional groups attached to an aromatic ring is 2. The van der Waals surface area contributed by atoms with Gasteiger partial charge in [-0.2, -0.15) is 4.98 Å². The molecule has 0 amide bonds. The lowest BCUT2D eigenvalue weighted by Gasteiger charge is -2.16. The van der Waals surface area contributed by atoms with Crippen LogP contribution in [0.3, 0.4) is 0 Å². The van der Waals surface area contributed by atoms with Gasteiger partial charge < -0.3 is 21.5 Å². The lowest BCUT2D eigenvalue weighted by molar-refractivity contribution is 0.198. The highest BCUT2D eigenvalue weighted by molar-refractivity contribution is 5.73. The highest BCUT2D eigenvalue weighted by Crippen LogP contribution is 2.25. The highest BCUT2D eigenvalue weighted by atomic mass is 16.3. The third-order valence-electron chi connectivity index (χ3n) is 3.38. The van der Waals surface area contributed by atoms with Crippen LogP contribution in [-0.4, -0.2) is 39.3 Å². The van der Waals surface area contributed by atoms with E-state index in [9.17, 15) is 5.11 Å². The van der Waals surface area contributed by atoms with E-state index < -0.39 is 0 Å². The average Bonchev–Trinajstić information content (AvgIpc) is 2.86. The van der Waals surface area contributed by atoms with Gasteiger partial charge in [-0.05, 0) is 18.6 Å². The Morgan fingerprint density at radius 1 is 1.20 bits per heavy atom. The van der Waals surface area contributed by atoms with E-state index in [1.165, 1.54) is 0 Å². The normalized spacial score (nSPS) is 18.4. The molecule has 0 aliphatic carbocycles. The number of pyridine rings is 1. The number of nitrogens with two attached hydrogens (primary N) is 2. The minimum Gasteiger partial charge on any atom is -0.391 e. The van der Waals surface area contributed by atoms with Gasteiger partial charge in [0.25, 0.3) is 0 Å². The Hall–Kier alpha value is -2.41. The van der Waals surface area contributed by atoms with Gasteiger partial charge in [0.15, 0.2) is 0 Å². The summed E-state index contributed by atoms with van der Waals surface area (Å²) in [5.41, 5.74) is 12.9. The number of hydrogen-bond donors (Lipinski definition) is 3. The first-order valence-corrected chi connectivity index (χ1v) is 6.41. The van der Waals surface area contributed by atoms with Crippen LogP contribution < -0.4 is 16.4 Å². The van der Waals surface area contributed by atoms with Crippen molar-refractivity contribution in [3.05, 3.63) is 24.5 Å². The summed E-state index contributed by atoms with van der Waals surface area (Å²) in [5, 5.41) is 9.54. The van der Waals surface area contributed by atoms with Crippen molar-refractivity contribution in [1.82, 2.24) is 15.0 Å². The first kappa shape index (κ1) is 12.6. The van der Waals surface area contributed by atoms with Gasteiger partial charge in [0.05, 0.1) is 6.10 Å². The molecule has 5 N–H and O–H groups in total. The average molecular weight is 272 g/mol. The second-order valence-electron chi connectivity index (χ2n) is 4.82. The second-order valence-corrected chi connectivity index (χ2v) is 4.82. The fraction of sp³-hybridized carbons (Fsp3) is 0.308. The number of anilines is 3. The molecule has 0 saturated carbocycles. The molecule has 0 bridgehead atoms. The molecule has 1 atom stereocenters. The quantitative estimate of drug-likeness (QED) is 0.719. The van der Waals surface area contributed by atoms with Gasteiger partial charge >= 0.3 is 0 Å². The molecule has 2 aromatic rings. The maximum absolute atomic E-state index is 9.54. The van der Waals surface area contributed by atoms with Gasteiger partial charge in [0.2, 0.25) is 5.95 Å². The van der Waals surface area contributed by atoms with Crippen molar-refractivity contribution < 1.29 is 5.11 Å². The Morgan fingerprint density at radius 2 is 2.05 bits per heavy atom. The van der Waals surface area contributed by atoms with Crippen LogP contribution in [-0.2, 0) is 0 Å². The SMILES string of the molecule is Nc1ncc(-c2ccc(N3CC[C@@H](O)C3)nc2)c(N)n1. The smallest absolute Gasteiger partial charge is 0.221 e. The van der Waals surface area contributed by atoms with E-state index in [0.717, 1.165) is 24.3 Å². The Morgan fingerprint density at radius 3 is 2.65 bits per heavy atom. The van der Waals surface area contributed by atoms with Crippen molar-refractivity contribution in [2.75, 3.05) is 29.5 Å². The molecule has 2 aromatic heterocycles. The highest BCUT2D eigenvalue weighted by Gasteiger charge is 2.21. The number of rotatable bonds is 2. The summed E-state index contributed by atoms with van der Waals surface area (Å²) in [4.78, 5) is 14.3. The molecular weight excluding hydrogens is 256 g/mol. The zero-order valence-corrected chi connectivity index (χ0v) is 10.9. The molecule has 1 aliphatic rings. The molecule has 1 aliphatic heterocycles. The molecule has 1 saturated heterocycles. The van der Waals surface area contributed by atoms with E-state index in [4.69, 9.17) is 11.5 Å². The van der Waals surface area contributed by atoms with Crippen molar-refractivity contribution >= 4 is 17.6 Å². The molecule has 3 heterocycles. The topological polar surface area (TPSA) is 114 Å². The summed E-state index contributed by atoms with van der Waals surface area (Å²) in [7, 11) is 0. The number of hydrogen-bond acceptors (Lipinski definition) is 7. The number of aliphatic hydroxyl groups is 1. The molecule has 0 spiro atoms.